The van der Waals surface area contributed by atoms with Crippen LogP contribution in [-0.2, 0) is 14.9 Å². The van der Waals surface area contributed by atoms with Crippen LogP contribution in [0.25, 0.3) is 0 Å². The van der Waals surface area contributed by atoms with Crippen LogP contribution in [0.1, 0.15) is 36.7 Å². The number of carbonyl (C=O) groups excluding carboxylic acids is 2. The predicted molar refractivity (Wildman–Crippen MR) is 76.5 cm³/mol. The summed E-state index contributed by atoms with van der Waals surface area (Å²) in [7, 11) is 1.34. The zero-order chi connectivity index (χ0) is 14.4. The zero-order valence-electron chi connectivity index (χ0n) is 11.4. The fraction of sp³-hybridized carbons (Fsp3) is 0.429. The van der Waals surface area contributed by atoms with Crippen molar-refractivity contribution in [2.24, 2.45) is 0 Å². The van der Waals surface area contributed by atoms with Crippen molar-refractivity contribution in [1.82, 2.24) is 0 Å². The van der Waals surface area contributed by atoms with Crippen molar-refractivity contribution < 1.29 is 14.3 Å². The maximum Gasteiger partial charge on any atom is 0.339 e. The lowest BCUT2D eigenvalue weighted by atomic mass is 9.85. The van der Waals surface area contributed by atoms with E-state index in [1.54, 1.807) is 11.0 Å². The molecule has 0 aromatic heterocycles. The Morgan fingerprint density at radius 3 is 2.58 bits per heavy atom. The van der Waals surface area contributed by atoms with Gasteiger partial charge in [0.25, 0.3) is 0 Å². The van der Waals surface area contributed by atoms with E-state index >= 15 is 0 Å². The van der Waals surface area contributed by atoms with Gasteiger partial charge in [0.1, 0.15) is 0 Å². The van der Waals surface area contributed by atoms with Crippen molar-refractivity contribution in [1.29, 1.82) is 0 Å². The van der Waals surface area contributed by atoms with Crippen LogP contribution < -0.4 is 4.90 Å². The summed E-state index contributed by atoms with van der Waals surface area (Å²) in [5.41, 5.74) is 1.55. The highest BCUT2D eigenvalue weighted by Crippen LogP contribution is 2.43. The Morgan fingerprint density at radius 1 is 1.42 bits per heavy atom. The lowest BCUT2D eigenvalue weighted by molar-refractivity contribution is -0.122. The average molecular weight is 326 g/mol. The van der Waals surface area contributed by atoms with E-state index in [2.05, 4.69) is 15.9 Å². The predicted octanol–water partition coefficient (Wildman–Crippen LogP) is 2.88. The summed E-state index contributed by atoms with van der Waals surface area (Å²) < 4.78 is 5.40. The van der Waals surface area contributed by atoms with Crippen LogP contribution >= 0.6 is 15.9 Å². The molecule has 0 radical (unpaired) electrons. The minimum atomic E-state index is -0.616. The molecule has 1 heterocycles. The highest BCUT2D eigenvalue weighted by molar-refractivity contribution is 9.10. The number of halogens is 1. The van der Waals surface area contributed by atoms with Crippen molar-refractivity contribution in [2.75, 3.05) is 18.6 Å². The van der Waals surface area contributed by atoms with Gasteiger partial charge in [-0.05, 0) is 54.4 Å². The molecule has 2 rings (SSSR count). The molecule has 1 aliphatic heterocycles. The van der Waals surface area contributed by atoms with E-state index in [9.17, 15) is 9.59 Å². The summed E-state index contributed by atoms with van der Waals surface area (Å²) in [5.74, 6) is -0.355. The van der Waals surface area contributed by atoms with E-state index in [0.717, 1.165) is 11.3 Å². The number of fused-ring (bicyclic) bond motifs is 1. The van der Waals surface area contributed by atoms with Gasteiger partial charge in [-0.15, -0.1) is 0 Å². The number of carbonyl (C=O) groups is 2. The van der Waals surface area contributed by atoms with Crippen molar-refractivity contribution in [3.63, 3.8) is 0 Å². The maximum absolute atomic E-state index is 12.4. The van der Waals surface area contributed by atoms with Crippen LogP contribution in [0, 0.1) is 0 Å². The quantitative estimate of drug-likeness (QED) is 0.785. The fourth-order valence-corrected chi connectivity index (χ4v) is 2.92. The van der Waals surface area contributed by atoms with Gasteiger partial charge in [-0.25, -0.2) is 4.79 Å². The van der Waals surface area contributed by atoms with Gasteiger partial charge in [-0.3, -0.25) is 4.79 Å². The monoisotopic (exact) mass is 325 g/mol. The molecule has 0 N–H and O–H groups in total. The molecule has 0 fully saturated rings. The fourth-order valence-electron chi connectivity index (χ4n) is 2.43. The lowest BCUT2D eigenvalue weighted by Gasteiger charge is -2.18. The number of benzene rings is 1. The van der Waals surface area contributed by atoms with Crippen LogP contribution in [-0.4, -0.2) is 25.5 Å². The summed E-state index contributed by atoms with van der Waals surface area (Å²) in [5, 5.41) is 0. The van der Waals surface area contributed by atoms with Crippen LogP contribution in [0.15, 0.2) is 16.6 Å². The SMILES string of the molecule is CCN1C(=O)C(C)(C)c2cc(C(=O)OC)c(Br)cc21. The van der Waals surface area contributed by atoms with Crippen molar-refractivity contribution in [2.45, 2.75) is 26.2 Å². The lowest BCUT2D eigenvalue weighted by Crippen LogP contribution is -2.35. The number of likely N-dealkylation sites (N-methyl/N-ethyl adjacent to an activating group) is 1. The van der Waals surface area contributed by atoms with E-state index in [4.69, 9.17) is 4.74 Å². The highest BCUT2D eigenvalue weighted by atomic mass is 79.9. The Morgan fingerprint density at radius 2 is 2.05 bits per heavy atom. The Labute approximate surface area is 120 Å². The third-order valence-electron chi connectivity index (χ3n) is 3.55. The first-order valence-electron chi connectivity index (χ1n) is 6.08. The largest absolute Gasteiger partial charge is 0.465 e. The Hall–Kier alpha value is -1.36. The molecule has 102 valence electrons. The molecule has 1 aliphatic rings. The van der Waals surface area contributed by atoms with E-state index < -0.39 is 11.4 Å². The second-order valence-electron chi connectivity index (χ2n) is 5.02. The van der Waals surface area contributed by atoms with Crippen LogP contribution in [0.5, 0.6) is 0 Å². The molecular weight excluding hydrogens is 310 g/mol. The molecule has 0 unspecified atom stereocenters. The summed E-state index contributed by atoms with van der Waals surface area (Å²) in [6.45, 7) is 6.29. The standard InChI is InChI=1S/C14H16BrNO3/c1-5-16-11-7-10(15)8(12(17)19-4)6-9(11)14(2,3)13(16)18/h6-7H,5H2,1-4H3. The minimum absolute atomic E-state index is 0.0546. The smallest absolute Gasteiger partial charge is 0.339 e. The first-order chi connectivity index (χ1) is 8.84. The number of hydrogen-bond acceptors (Lipinski definition) is 3. The van der Waals surface area contributed by atoms with Crippen molar-refractivity contribution in [3.05, 3.63) is 27.7 Å². The number of anilines is 1. The van der Waals surface area contributed by atoms with Gasteiger partial charge in [-0.1, -0.05) is 0 Å². The molecule has 5 heteroatoms. The van der Waals surface area contributed by atoms with E-state index in [0.29, 0.717) is 16.6 Å². The van der Waals surface area contributed by atoms with Crippen LogP contribution in [0.2, 0.25) is 0 Å². The third-order valence-corrected chi connectivity index (χ3v) is 4.21. The highest BCUT2D eigenvalue weighted by Gasteiger charge is 2.44. The molecule has 19 heavy (non-hydrogen) atoms. The summed E-state index contributed by atoms with van der Waals surface area (Å²) in [6, 6.07) is 3.57. The van der Waals surface area contributed by atoms with Gasteiger partial charge in [0.2, 0.25) is 5.91 Å². The maximum atomic E-state index is 12.4. The minimum Gasteiger partial charge on any atom is -0.465 e. The van der Waals surface area contributed by atoms with E-state index in [1.807, 2.05) is 26.8 Å². The van der Waals surface area contributed by atoms with Gasteiger partial charge in [0, 0.05) is 16.7 Å². The molecule has 0 saturated heterocycles. The number of rotatable bonds is 2. The number of ether oxygens (including phenoxy) is 1. The van der Waals surface area contributed by atoms with Crippen LogP contribution in [0.3, 0.4) is 0 Å². The molecule has 0 aliphatic carbocycles. The normalized spacial score (nSPS) is 16.5. The first-order valence-corrected chi connectivity index (χ1v) is 6.88. The second kappa shape index (κ2) is 4.63. The molecule has 0 atom stereocenters. The molecule has 1 amide bonds. The number of methoxy groups -OCH3 is 1. The second-order valence-corrected chi connectivity index (χ2v) is 5.87. The van der Waals surface area contributed by atoms with Gasteiger partial charge in [0.15, 0.2) is 0 Å². The number of amides is 1. The number of nitrogens with zero attached hydrogens (tertiary/aromatic N) is 1. The Balaban J connectivity index is 2.67. The van der Waals surface area contributed by atoms with E-state index in [1.165, 1.54) is 7.11 Å². The first kappa shape index (κ1) is 14.1. The third kappa shape index (κ3) is 1.96. The van der Waals surface area contributed by atoms with Crippen LogP contribution in [0.4, 0.5) is 5.69 Å². The molecule has 4 nitrogen and oxygen atoms in total. The van der Waals surface area contributed by atoms with Gasteiger partial charge in [-0.2, -0.15) is 0 Å². The number of hydrogen-bond donors (Lipinski definition) is 0. The van der Waals surface area contributed by atoms with Crippen molar-refractivity contribution >= 4 is 33.5 Å². The topological polar surface area (TPSA) is 46.6 Å². The number of esters is 1. The summed E-state index contributed by atoms with van der Waals surface area (Å²) in [4.78, 5) is 25.8. The zero-order valence-corrected chi connectivity index (χ0v) is 13.0. The Kier molecular flexibility index (Phi) is 3.43. The molecule has 0 bridgehead atoms. The van der Waals surface area contributed by atoms with E-state index in [-0.39, 0.29) is 5.91 Å². The molecular formula is C14H16BrNO3. The van der Waals surface area contributed by atoms with Crippen molar-refractivity contribution in [3.8, 4) is 0 Å². The van der Waals surface area contributed by atoms with Gasteiger partial charge < -0.3 is 9.64 Å². The average Bonchev–Trinajstić information content (AvgIpc) is 2.55. The molecule has 0 saturated carbocycles. The van der Waals surface area contributed by atoms with Gasteiger partial charge >= 0.3 is 5.97 Å². The molecule has 1 aromatic rings. The molecule has 0 spiro atoms. The Bertz CT molecular complexity index is 566. The summed E-state index contributed by atoms with van der Waals surface area (Å²) >= 11 is 3.37. The summed E-state index contributed by atoms with van der Waals surface area (Å²) in [6.07, 6.45) is 0. The molecule has 1 aromatic carbocycles. The van der Waals surface area contributed by atoms with Gasteiger partial charge in [0.05, 0.1) is 18.1 Å².